The van der Waals surface area contributed by atoms with Crippen LogP contribution in [0.25, 0.3) is 0 Å². The van der Waals surface area contributed by atoms with Crippen LogP contribution < -0.4 is 16.0 Å². The molecule has 0 bridgehead atoms. The molecule has 2 rings (SSSR count). The minimum Gasteiger partial charge on any atom is -0.450 e. The maximum Gasteiger partial charge on any atom is 0.407 e. The van der Waals surface area contributed by atoms with E-state index in [0.29, 0.717) is 13.2 Å². The summed E-state index contributed by atoms with van der Waals surface area (Å²) in [7, 11) is 2.11. The minimum absolute atomic E-state index is 0.202. The highest BCUT2D eigenvalue weighted by molar-refractivity contribution is 5.68. The Morgan fingerprint density at radius 3 is 3.05 bits per heavy atom. The van der Waals surface area contributed by atoms with Crippen LogP contribution in [0.2, 0.25) is 0 Å². The number of fused-ring (bicyclic) bond motifs is 1. The van der Waals surface area contributed by atoms with Crippen molar-refractivity contribution in [3.8, 4) is 0 Å². The summed E-state index contributed by atoms with van der Waals surface area (Å²) in [6.07, 6.45) is 1.81. The van der Waals surface area contributed by atoms with Crippen LogP contribution in [0, 0.1) is 0 Å². The number of nitrogens with two attached hydrogens (primary N) is 1. The molecule has 1 aliphatic rings. The molecular weight excluding hydrogens is 254 g/mol. The predicted molar refractivity (Wildman–Crippen MR) is 80.0 cm³/mol. The lowest BCUT2D eigenvalue weighted by Gasteiger charge is -2.28. The highest BCUT2D eigenvalue weighted by Crippen LogP contribution is 2.28. The van der Waals surface area contributed by atoms with Crippen molar-refractivity contribution >= 4 is 11.8 Å². The van der Waals surface area contributed by atoms with Crippen molar-refractivity contribution in [3.05, 3.63) is 29.3 Å². The Morgan fingerprint density at radius 1 is 1.55 bits per heavy atom. The highest BCUT2D eigenvalue weighted by Gasteiger charge is 2.18. The first-order valence-electron chi connectivity index (χ1n) is 7.13. The number of nitrogens with zero attached hydrogens (tertiary/aromatic N) is 1. The van der Waals surface area contributed by atoms with Crippen LogP contribution in [-0.4, -0.2) is 32.8 Å². The van der Waals surface area contributed by atoms with Gasteiger partial charge in [0.25, 0.3) is 0 Å². The standard InChI is InChI=1S/C15H23N3O2/c1-3-20-15(19)17-13(10-16)11-6-7-14-12(9-11)5-4-8-18(14)2/h6-7,9,13H,3-5,8,10,16H2,1-2H3,(H,17,19). The summed E-state index contributed by atoms with van der Waals surface area (Å²) in [6, 6.07) is 6.09. The molecule has 1 aromatic carbocycles. The lowest BCUT2D eigenvalue weighted by Crippen LogP contribution is -2.34. The largest absolute Gasteiger partial charge is 0.450 e. The molecule has 0 aromatic heterocycles. The van der Waals surface area contributed by atoms with Gasteiger partial charge in [0, 0.05) is 25.8 Å². The average molecular weight is 277 g/mol. The van der Waals surface area contributed by atoms with Gasteiger partial charge in [0.2, 0.25) is 0 Å². The smallest absolute Gasteiger partial charge is 0.407 e. The van der Waals surface area contributed by atoms with Crippen LogP contribution in [0.1, 0.15) is 30.5 Å². The van der Waals surface area contributed by atoms with E-state index in [2.05, 4.69) is 29.4 Å². The quantitative estimate of drug-likeness (QED) is 0.881. The van der Waals surface area contributed by atoms with E-state index in [9.17, 15) is 4.79 Å². The van der Waals surface area contributed by atoms with Crippen molar-refractivity contribution in [1.29, 1.82) is 0 Å². The maximum absolute atomic E-state index is 11.5. The van der Waals surface area contributed by atoms with E-state index >= 15 is 0 Å². The molecule has 3 N–H and O–H groups in total. The second kappa shape index (κ2) is 6.61. The molecular formula is C15H23N3O2. The van der Waals surface area contributed by atoms with E-state index in [4.69, 9.17) is 10.5 Å². The number of hydrogen-bond acceptors (Lipinski definition) is 4. The van der Waals surface area contributed by atoms with E-state index in [0.717, 1.165) is 24.9 Å². The van der Waals surface area contributed by atoms with Gasteiger partial charge in [-0.05, 0) is 37.0 Å². The van der Waals surface area contributed by atoms with E-state index in [1.807, 2.05) is 6.07 Å². The van der Waals surface area contributed by atoms with Gasteiger partial charge in [0.05, 0.1) is 12.6 Å². The monoisotopic (exact) mass is 277 g/mol. The predicted octanol–water partition coefficient (Wildman–Crippen LogP) is 1.81. The molecule has 0 aliphatic carbocycles. The zero-order valence-corrected chi connectivity index (χ0v) is 12.2. The van der Waals surface area contributed by atoms with Crippen molar-refractivity contribution in [2.75, 3.05) is 31.6 Å². The first-order valence-corrected chi connectivity index (χ1v) is 7.13. The molecule has 5 nitrogen and oxygen atoms in total. The summed E-state index contributed by atoms with van der Waals surface area (Å²) < 4.78 is 4.91. The molecule has 1 atom stereocenters. The number of amides is 1. The molecule has 0 fully saturated rings. The Bertz CT molecular complexity index is 476. The third-order valence-electron chi connectivity index (χ3n) is 3.66. The lowest BCUT2D eigenvalue weighted by molar-refractivity contribution is 0.148. The first-order chi connectivity index (χ1) is 9.65. The number of anilines is 1. The average Bonchev–Trinajstić information content (AvgIpc) is 2.45. The van der Waals surface area contributed by atoms with Gasteiger partial charge in [0.1, 0.15) is 0 Å². The summed E-state index contributed by atoms with van der Waals surface area (Å²) in [5.41, 5.74) is 9.40. The molecule has 1 aliphatic heterocycles. The second-order valence-electron chi connectivity index (χ2n) is 5.07. The number of alkyl carbamates (subject to hydrolysis) is 1. The number of ether oxygens (including phenoxy) is 1. The van der Waals surface area contributed by atoms with E-state index in [-0.39, 0.29) is 6.04 Å². The molecule has 1 unspecified atom stereocenters. The van der Waals surface area contributed by atoms with Crippen LogP contribution in [0.15, 0.2) is 18.2 Å². The van der Waals surface area contributed by atoms with E-state index in [1.165, 1.54) is 11.3 Å². The fourth-order valence-electron chi connectivity index (χ4n) is 2.62. The van der Waals surface area contributed by atoms with Crippen LogP contribution in [0.4, 0.5) is 10.5 Å². The number of aryl methyl sites for hydroxylation is 1. The van der Waals surface area contributed by atoms with Crippen LogP contribution in [0.3, 0.4) is 0 Å². The number of nitrogens with one attached hydrogen (secondary N) is 1. The van der Waals surface area contributed by atoms with Gasteiger partial charge >= 0.3 is 6.09 Å². The first kappa shape index (κ1) is 14.7. The minimum atomic E-state index is -0.419. The second-order valence-corrected chi connectivity index (χ2v) is 5.07. The van der Waals surface area contributed by atoms with Crippen molar-refractivity contribution in [2.45, 2.75) is 25.8 Å². The molecule has 0 spiro atoms. The van der Waals surface area contributed by atoms with Gasteiger partial charge in [0.15, 0.2) is 0 Å². The van der Waals surface area contributed by atoms with E-state index < -0.39 is 6.09 Å². The number of benzene rings is 1. The third kappa shape index (κ3) is 3.22. The van der Waals surface area contributed by atoms with Gasteiger partial charge < -0.3 is 20.7 Å². The summed E-state index contributed by atoms with van der Waals surface area (Å²) in [4.78, 5) is 13.8. The van der Waals surface area contributed by atoms with Crippen molar-refractivity contribution in [2.24, 2.45) is 5.73 Å². The van der Waals surface area contributed by atoms with Crippen LogP contribution >= 0.6 is 0 Å². The Morgan fingerprint density at radius 2 is 2.35 bits per heavy atom. The summed E-state index contributed by atoms with van der Waals surface area (Å²) in [6.45, 7) is 3.59. The summed E-state index contributed by atoms with van der Waals surface area (Å²) in [5, 5.41) is 2.80. The normalized spacial score (nSPS) is 15.4. The van der Waals surface area contributed by atoms with Crippen molar-refractivity contribution in [1.82, 2.24) is 5.32 Å². The zero-order chi connectivity index (χ0) is 14.5. The number of rotatable bonds is 4. The van der Waals surface area contributed by atoms with Crippen molar-refractivity contribution in [3.63, 3.8) is 0 Å². The number of carbonyl (C=O) groups is 1. The molecule has 5 heteroatoms. The Labute approximate surface area is 120 Å². The third-order valence-corrected chi connectivity index (χ3v) is 3.66. The lowest BCUT2D eigenvalue weighted by atomic mass is 9.96. The van der Waals surface area contributed by atoms with Gasteiger partial charge in [-0.15, -0.1) is 0 Å². The fourth-order valence-corrected chi connectivity index (χ4v) is 2.62. The van der Waals surface area contributed by atoms with E-state index in [1.54, 1.807) is 6.92 Å². The Kier molecular flexibility index (Phi) is 4.84. The molecule has 1 heterocycles. The molecule has 110 valence electrons. The van der Waals surface area contributed by atoms with Crippen LogP contribution in [0.5, 0.6) is 0 Å². The fraction of sp³-hybridized carbons (Fsp3) is 0.533. The molecule has 0 saturated carbocycles. The van der Waals surface area contributed by atoms with Gasteiger partial charge in [-0.2, -0.15) is 0 Å². The molecule has 1 amide bonds. The van der Waals surface area contributed by atoms with Gasteiger partial charge in [-0.25, -0.2) is 4.79 Å². The molecule has 20 heavy (non-hydrogen) atoms. The van der Waals surface area contributed by atoms with Gasteiger partial charge in [-0.1, -0.05) is 12.1 Å². The topological polar surface area (TPSA) is 67.6 Å². The highest BCUT2D eigenvalue weighted by atomic mass is 16.5. The maximum atomic E-state index is 11.5. The number of carbonyl (C=O) groups excluding carboxylic acids is 1. The summed E-state index contributed by atoms with van der Waals surface area (Å²) >= 11 is 0. The Hall–Kier alpha value is -1.75. The SMILES string of the molecule is CCOC(=O)NC(CN)c1ccc2c(c1)CCCN2C. The Balaban J connectivity index is 2.16. The molecule has 0 radical (unpaired) electrons. The van der Waals surface area contributed by atoms with Crippen molar-refractivity contribution < 1.29 is 9.53 Å². The van der Waals surface area contributed by atoms with Crippen LogP contribution in [-0.2, 0) is 11.2 Å². The molecule has 1 aromatic rings. The number of hydrogen-bond donors (Lipinski definition) is 2. The summed E-state index contributed by atoms with van der Waals surface area (Å²) in [5.74, 6) is 0. The molecule has 0 saturated heterocycles. The van der Waals surface area contributed by atoms with Gasteiger partial charge in [-0.3, -0.25) is 0 Å². The zero-order valence-electron chi connectivity index (χ0n) is 12.2.